The van der Waals surface area contributed by atoms with Gasteiger partial charge in [0, 0.05) is 26.1 Å². The number of amides is 1. The van der Waals surface area contributed by atoms with E-state index in [0.717, 1.165) is 13.1 Å². The fourth-order valence-electron chi connectivity index (χ4n) is 2.32. The van der Waals surface area contributed by atoms with E-state index in [0.29, 0.717) is 13.0 Å². The number of benzene rings is 2. The SMILES string of the molecule is CCN(Cc1ccc2ccccc2c1)C(=O)CCNC. The summed E-state index contributed by atoms with van der Waals surface area (Å²) in [5, 5.41) is 5.48. The van der Waals surface area contributed by atoms with Crippen LogP contribution in [0.3, 0.4) is 0 Å². The molecule has 0 fully saturated rings. The summed E-state index contributed by atoms with van der Waals surface area (Å²) in [6.45, 7) is 4.19. The maximum Gasteiger partial charge on any atom is 0.224 e. The van der Waals surface area contributed by atoms with Gasteiger partial charge in [-0.1, -0.05) is 36.4 Å². The molecule has 2 rings (SSSR count). The van der Waals surface area contributed by atoms with E-state index >= 15 is 0 Å². The van der Waals surface area contributed by atoms with E-state index in [1.165, 1.54) is 16.3 Å². The van der Waals surface area contributed by atoms with Crippen LogP contribution in [-0.2, 0) is 11.3 Å². The fourth-order valence-corrected chi connectivity index (χ4v) is 2.32. The Labute approximate surface area is 120 Å². The number of carbonyl (C=O) groups is 1. The standard InChI is InChI=1S/C17H22N2O/c1-3-19(17(20)10-11-18-2)13-14-8-9-15-6-4-5-7-16(15)12-14/h4-9,12,18H,3,10-11,13H2,1-2H3. The monoisotopic (exact) mass is 270 g/mol. The predicted octanol–water partition coefficient (Wildman–Crippen LogP) is 2.80. The van der Waals surface area contributed by atoms with Gasteiger partial charge >= 0.3 is 0 Å². The van der Waals surface area contributed by atoms with Gasteiger partial charge in [0.2, 0.25) is 5.91 Å². The number of fused-ring (bicyclic) bond motifs is 1. The zero-order valence-electron chi connectivity index (χ0n) is 12.2. The lowest BCUT2D eigenvalue weighted by atomic mass is 10.1. The average molecular weight is 270 g/mol. The van der Waals surface area contributed by atoms with Crippen LogP contribution in [0.5, 0.6) is 0 Å². The molecular formula is C17H22N2O. The van der Waals surface area contributed by atoms with Gasteiger partial charge in [0.25, 0.3) is 0 Å². The van der Waals surface area contributed by atoms with Gasteiger partial charge in [-0.25, -0.2) is 0 Å². The Morgan fingerprint density at radius 1 is 1.15 bits per heavy atom. The third-order valence-corrected chi connectivity index (χ3v) is 3.51. The topological polar surface area (TPSA) is 32.3 Å². The van der Waals surface area contributed by atoms with Crippen LogP contribution < -0.4 is 5.32 Å². The van der Waals surface area contributed by atoms with E-state index in [1.54, 1.807) is 0 Å². The van der Waals surface area contributed by atoms with Crippen LogP contribution in [0.4, 0.5) is 0 Å². The summed E-state index contributed by atoms with van der Waals surface area (Å²) in [5.41, 5.74) is 1.18. The van der Waals surface area contributed by atoms with Gasteiger partial charge in [-0.05, 0) is 36.4 Å². The molecule has 0 atom stereocenters. The van der Waals surface area contributed by atoms with Gasteiger partial charge < -0.3 is 10.2 Å². The highest BCUT2D eigenvalue weighted by Gasteiger charge is 2.11. The normalized spacial score (nSPS) is 10.7. The molecular weight excluding hydrogens is 248 g/mol. The number of hydrogen-bond donors (Lipinski definition) is 1. The van der Waals surface area contributed by atoms with Gasteiger partial charge in [-0.15, -0.1) is 0 Å². The Bertz CT molecular complexity index is 580. The lowest BCUT2D eigenvalue weighted by Crippen LogP contribution is -2.32. The summed E-state index contributed by atoms with van der Waals surface area (Å²) in [6, 6.07) is 14.7. The first-order chi connectivity index (χ1) is 9.74. The molecule has 1 N–H and O–H groups in total. The van der Waals surface area contributed by atoms with Gasteiger partial charge in [0.15, 0.2) is 0 Å². The van der Waals surface area contributed by atoms with E-state index in [2.05, 4.69) is 35.6 Å². The Morgan fingerprint density at radius 3 is 2.60 bits per heavy atom. The summed E-state index contributed by atoms with van der Waals surface area (Å²) in [6.07, 6.45) is 0.553. The smallest absolute Gasteiger partial charge is 0.224 e. The molecule has 0 saturated heterocycles. The first-order valence-corrected chi connectivity index (χ1v) is 7.14. The zero-order chi connectivity index (χ0) is 14.4. The number of rotatable bonds is 6. The van der Waals surface area contributed by atoms with Gasteiger partial charge in [-0.3, -0.25) is 4.79 Å². The predicted molar refractivity (Wildman–Crippen MR) is 83.6 cm³/mol. The molecule has 3 nitrogen and oxygen atoms in total. The third kappa shape index (κ3) is 3.58. The molecule has 0 aliphatic heterocycles. The van der Waals surface area contributed by atoms with Crippen molar-refractivity contribution in [2.45, 2.75) is 19.9 Å². The van der Waals surface area contributed by atoms with E-state index < -0.39 is 0 Å². The van der Waals surface area contributed by atoms with Crippen LogP contribution in [0.15, 0.2) is 42.5 Å². The molecule has 0 unspecified atom stereocenters. The molecule has 2 aromatic carbocycles. The van der Waals surface area contributed by atoms with Crippen LogP contribution in [-0.4, -0.2) is 30.9 Å². The molecule has 0 saturated carbocycles. The highest BCUT2D eigenvalue weighted by Crippen LogP contribution is 2.17. The van der Waals surface area contributed by atoms with Crippen molar-refractivity contribution in [2.24, 2.45) is 0 Å². The second-order valence-corrected chi connectivity index (χ2v) is 4.94. The highest BCUT2D eigenvalue weighted by atomic mass is 16.2. The van der Waals surface area contributed by atoms with E-state index in [9.17, 15) is 4.79 Å². The zero-order valence-corrected chi connectivity index (χ0v) is 12.2. The number of hydrogen-bond acceptors (Lipinski definition) is 2. The van der Waals surface area contributed by atoms with Crippen molar-refractivity contribution in [3.63, 3.8) is 0 Å². The van der Waals surface area contributed by atoms with E-state index in [-0.39, 0.29) is 5.91 Å². The maximum absolute atomic E-state index is 12.1. The van der Waals surface area contributed by atoms with E-state index in [4.69, 9.17) is 0 Å². The largest absolute Gasteiger partial charge is 0.339 e. The van der Waals surface area contributed by atoms with Crippen LogP contribution >= 0.6 is 0 Å². The van der Waals surface area contributed by atoms with Crippen LogP contribution in [0, 0.1) is 0 Å². The first kappa shape index (κ1) is 14.5. The van der Waals surface area contributed by atoms with Gasteiger partial charge in [-0.2, -0.15) is 0 Å². The molecule has 0 spiro atoms. The van der Waals surface area contributed by atoms with E-state index in [1.807, 2.05) is 31.0 Å². The van der Waals surface area contributed by atoms with Crippen molar-refractivity contribution in [2.75, 3.05) is 20.1 Å². The van der Waals surface area contributed by atoms with Gasteiger partial charge in [0.05, 0.1) is 0 Å². The number of carbonyl (C=O) groups excluding carboxylic acids is 1. The van der Waals surface area contributed by atoms with Crippen molar-refractivity contribution < 1.29 is 4.79 Å². The Balaban J connectivity index is 2.10. The lowest BCUT2D eigenvalue weighted by Gasteiger charge is -2.21. The Hall–Kier alpha value is -1.87. The summed E-state index contributed by atoms with van der Waals surface area (Å²) in [7, 11) is 1.87. The van der Waals surface area contributed by atoms with Crippen molar-refractivity contribution in [3.05, 3.63) is 48.0 Å². The van der Waals surface area contributed by atoms with Crippen molar-refractivity contribution in [1.82, 2.24) is 10.2 Å². The second-order valence-electron chi connectivity index (χ2n) is 4.94. The molecule has 20 heavy (non-hydrogen) atoms. The lowest BCUT2D eigenvalue weighted by molar-refractivity contribution is -0.131. The molecule has 0 aromatic heterocycles. The van der Waals surface area contributed by atoms with Crippen molar-refractivity contribution in [1.29, 1.82) is 0 Å². The Morgan fingerprint density at radius 2 is 1.90 bits per heavy atom. The third-order valence-electron chi connectivity index (χ3n) is 3.51. The van der Waals surface area contributed by atoms with Crippen LogP contribution in [0.1, 0.15) is 18.9 Å². The maximum atomic E-state index is 12.1. The van der Waals surface area contributed by atoms with Crippen LogP contribution in [0.25, 0.3) is 10.8 Å². The quantitative estimate of drug-likeness (QED) is 0.875. The second kappa shape index (κ2) is 7.06. The molecule has 1 amide bonds. The minimum Gasteiger partial charge on any atom is -0.339 e. The number of nitrogens with zero attached hydrogens (tertiary/aromatic N) is 1. The number of nitrogens with one attached hydrogen (secondary N) is 1. The molecule has 2 aromatic rings. The first-order valence-electron chi connectivity index (χ1n) is 7.14. The summed E-state index contributed by atoms with van der Waals surface area (Å²) >= 11 is 0. The molecule has 0 aliphatic carbocycles. The van der Waals surface area contributed by atoms with Crippen molar-refractivity contribution >= 4 is 16.7 Å². The molecule has 0 heterocycles. The molecule has 0 bridgehead atoms. The average Bonchev–Trinajstić information content (AvgIpc) is 2.50. The summed E-state index contributed by atoms with van der Waals surface area (Å²) in [5.74, 6) is 0.204. The fraction of sp³-hybridized carbons (Fsp3) is 0.353. The minimum atomic E-state index is 0.204. The molecule has 3 heteroatoms. The summed E-state index contributed by atoms with van der Waals surface area (Å²) in [4.78, 5) is 14.0. The summed E-state index contributed by atoms with van der Waals surface area (Å²) < 4.78 is 0. The minimum absolute atomic E-state index is 0.204. The highest BCUT2D eigenvalue weighted by molar-refractivity contribution is 5.83. The van der Waals surface area contributed by atoms with Crippen LogP contribution in [0.2, 0.25) is 0 Å². The Kier molecular flexibility index (Phi) is 5.13. The molecule has 106 valence electrons. The van der Waals surface area contributed by atoms with Crippen molar-refractivity contribution in [3.8, 4) is 0 Å². The molecule has 0 radical (unpaired) electrons. The van der Waals surface area contributed by atoms with Gasteiger partial charge in [0.1, 0.15) is 0 Å². The molecule has 0 aliphatic rings.